The molecule has 0 spiro atoms. The van der Waals surface area contributed by atoms with Gasteiger partial charge in [0.25, 0.3) is 0 Å². The van der Waals surface area contributed by atoms with Crippen LogP contribution in [-0.2, 0) is 0 Å². The first-order valence-electron chi connectivity index (χ1n) is 8.42. The normalized spacial score (nSPS) is 40.3. The van der Waals surface area contributed by atoms with Gasteiger partial charge >= 0.3 is 0 Å². The second-order valence-electron chi connectivity index (χ2n) is 7.88. The number of piperidine rings is 1. The van der Waals surface area contributed by atoms with E-state index in [0.29, 0.717) is 11.5 Å². The van der Waals surface area contributed by atoms with E-state index in [0.717, 1.165) is 24.4 Å². The maximum atomic E-state index is 6.07. The molecule has 1 saturated heterocycles. The van der Waals surface area contributed by atoms with Crippen molar-refractivity contribution in [3.05, 3.63) is 0 Å². The van der Waals surface area contributed by atoms with Crippen molar-refractivity contribution < 1.29 is 0 Å². The molecule has 0 aromatic heterocycles. The Morgan fingerprint density at radius 3 is 2.58 bits per heavy atom. The summed E-state index contributed by atoms with van der Waals surface area (Å²) in [6, 6.07) is 1.44. The fraction of sp³-hybridized carbons (Fsp3) is 1.00. The molecule has 2 N–H and O–H groups in total. The van der Waals surface area contributed by atoms with Crippen LogP contribution in [0.5, 0.6) is 0 Å². The van der Waals surface area contributed by atoms with Gasteiger partial charge in [0, 0.05) is 18.6 Å². The van der Waals surface area contributed by atoms with Gasteiger partial charge < -0.3 is 5.73 Å². The van der Waals surface area contributed by atoms with Gasteiger partial charge in [0.05, 0.1) is 0 Å². The maximum Gasteiger partial charge on any atom is 0.0224 e. The number of likely N-dealkylation sites (tertiary alicyclic amines) is 1. The Morgan fingerprint density at radius 1 is 1.26 bits per heavy atom. The number of nitrogens with zero attached hydrogens (tertiary/aromatic N) is 1. The first-order chi connectivity index (χ1) is 8.96. The van der Waals surface area contributed by atoms with Gasteiger partial charge in [-0.3, -0.25) is 4.90 Å². The van der Waals surface area contributed by atoms with E-state index >= 15 is 0 Å². The zero-order chi connectivity index (χ0) is 14.0. The summed E-state index contributed by atoms with van der Waals surface area (Å²) in [5.41, 5.74) is 6.63. The van der Waals surface area contributed by atoms with E-state index in [1.54, 1.807) is 0 Å². The van der Waals surface area contributed by atoms with Gasteiger partial charge in [0.1, 0.15) is 0 Å². The largest absolute Gasteiger partial charge is 0.329 e. The van der Waals surface area contributed by atoms with Crippen LogP contribution in [-0.4, -0.2) is 30.1 Å². The summed E-state index contributed by atoms with van der Waals surface area (Å²) in [7, 11) is 0. The molecule has 1 aliphatic heterocycles. The average Bonchev–Trinajstić information content (AvgIpc) is 2.37. The predicted molar refractivity (Wildman–Crippen MR) is 83.1 cm³/mol. The Labute approximate surface area is 120 Å². The minimum Gasteiger partial charge on any atom is -0.329 e. The Morgan fingerprint density at radius 2 is 2.00 bits per heavy atom. The van der Waals surface area contributed by atoms with E-state index in [1.807, 2.05) is 0 Å². The van der Waals surface area contributed by atoms with Crippen LogP contribution in [0.15, 0.2) is 0 Å². The molecule has 112 valence electrons. The molecule has 19 heavy (non-hydrogen) atoms. The van der Waals surface area contributed by atoms with Gasteiger partial charge in [-0.15, -0.1) is 0 Å². The SMILES string of the molecule is CCC1CCN(C2CCC(C)(C)CC2C)C(CN)C1. The molecule has 0 amide bonds. The first-order valence-corrected chi connectivity index (χ1v) is 8.42. The van der Waals surface area contributed by atoms with Crippen molar-refractivity contribution in [2.75, 3.05) is 13.1 Å². The molecule has 4 atom stereocenters. The van der Waals surface area contributed by atoms with Crippen LogP contribution in [0.1, 0.15) is 66.2 Å². The molecule has 0 aromatic carbocycles. The van der Waals surface area contributed by atoms with E-state index in [2.05, 4.69) is 32.6 Å². The van der Waals surface area contributed by atoms with Crippen molar-refractivity contribution in [3.63, 3.8) is 0 Å². The minimum atomic E-state index is 0.551. The molecule has 0 radical (unpaired) electrons. The lowest BCUT2D eigenvalue weighted by atomic mass is 9.69. The summed E-state index contributed by atoms with van der Waals surface area (Å²) in [5.74, 6) is 1.75. The fourth-order valence-corrected chi connectivity index (χ4v) is 4.62. The third-order valence-electron chi connectivity index (χ3n) is 5.79. The lowest BCUT2D eigenvalue weighted by Crippen LogP contribution is -2.55. The third-order valence-corrected chi connectivity index (χ3v) is 5.79. The molecule has 2 rings (SSSR count). The van der Waals surface area contributed by atoms with E-state index < -0.39 is 0 Å². The van der Waals surface area contributed by atoms with Crippen molar-refractivity contribution in [2.24, 2.45) is 23.0 Å². The monoisotopic (exact) mass is 266 g/mol. The summed E-state index contributed by atoms with van der Waals surface area (Å²) in [6.45, 7) is 11.8. The molecule has 2 fully saturated rings. The van der Waals surface area contributed by atoms with E-state index in [-0.39, 0.29) is 0 Å². The van der Waals surface area contributed by atoms with Gasteiger partial charge in [-0.2, -0.15) is 0 Å². The number of nitrogens with two attached hydrogens (primary N) is 1. The zero-order valence-corrected chi connectivity index (χ0v) is 13.5. The minimum absolute atomic E-state index is 0.551. The molecule has 0 bridgehead atoms. The summed E-state index contributed by atoms with van der Waals surface area (Å²) in [5, 5.41) is 0. The van der Waals surface area contributed by atoms with E-state index in [1.165, 1.54) is 45.1 Å². The van der Waals surface area contributed by atoms with Crippen LogP contribution >= 0.6 is 0 Å². The lowest BCUT2D eigenvalue weighted by Gasteiger charge is -2.50. The predicted octanol–water partition coefficient (Wildman–Crippen LogP) is 3.65. The van der Waals surface area contributed by atoms with Gasteiger partial charge in [-0.25, -0.2) is 0 Å². The first kappa shape index (κ1) is 15.3. The average molecular weight is 266 g/mol. The van der Waals surface area contributed by atoms with Gasteiger partial charge in [0.15, 0.2) is 0 Å². The Hall–Kier alpha value is -0.0800. The second-order valence-corrected chi connectivity index (χ2v) is 7.88. The number of rotatable bonds is 3. The molecule has 2 nitrogen and oxygen atoms in total. The highest BCUT2D eigenvalue weighted by molar-refractivity contribution is 4.93. The molecule has 1 aliphatic carbocycles. The van der Waals surface area contributed by atoms with Crippen LogP contribution in [0.25, 0.3) is 0 Å². The molecular weight excluding hydrogens is 232 g/mol. The number of hydrogen-bond donors (Lipinski definition) is 1. The summed E-state index contributed by atoms with van der Waals surface area (Å²) in [6.07, 6.45) is 8.19. The van der Waals surface area contributed by atoms with E-state index in [9.17, 15) is 0 Å². The fourth-order valence-electron chi connectivity index (χ4n) is 4.62. The van der Waals surface area contributed by atoms with Crippen molar-refractivity contribution in [1.29, 1.82) is 0 Å². The Kier molecular flexibility index (Phi) is 4.94. The Balaban J connectivity index is 2.00. The maximum absolute atomic E-state index is 6.07. The quantitative estimate of drug-likeness (QED) is 0.845. The number of hydrogen-bond acceptors (Lipinski definition) is 2. The smallest absolute Gasteiger partial charge is 0.0224 e. The third kappa shape index (κ3) is 3.52. The van der Waals surface area contributed by atoms with E-state index in [4.69, 9.17) is 5.73 Å². The van der Waals surface area contributed by atoms with Crippen molar-refractivity contribution in [1.82, 2.24) is 4.90 Å². The molecule has 0 aromatic rings. The zero-order valence-electron chi connectivity index (χ0n) is 13.5. The highest BCUT2D eigenvalue weighted by atomic mass is 15.2. The Bertz CT molecular complexity index is 287. The molecule has 1 saturated carbocycles. The van der Waals surface area contributed by atoms with Gasteiger partial charge in [-0.1, -0.05) is 34.1 Å². The van der Waals surface area contributed by atoms with Crippen LogP contribution < -0.4 is 5.73 Å². The lowest BCUT2D eigenvalue weighted by molar-refractivity contribution is 0.00334. The topological polar surface area (TPSA) is 29.3 Å². The van der Waals surface area contributed by atoms with Crippen LogP contribution in [0.4, 0.5) is 0 Å². The molecule has 2 heteroatoms. The molecule has 1 heterocycles. The molecular formula is C17H34N2. The van der Waals surface area contributed by atoms with Gasteiger partial charge in [0.2, 0.25) is 0 Å². The molecule has 2 aliphatic rings. The summed E-state index contributed by atoms with van der Waals surface area (Å²) >= 11 is 0. The van der Waals surface area contributed by atoms with Crippen molar-refractivity contribution in [2.45, 2.75) is 78.3 Å². The van der Waals surface area contributed by atoms with Crippen LogP contribution in [0, 0.1) is 17.3 Å². The van der Waals surface area contributed by atoms with Crippen molar-refractivity contribution in [3.8, 4) is 0 Å². The molecule has 4 unspecified atom stereocenters. The van der Waals surface area contributed by atoms with Crippen LogP contribution in [0.2, 0.25) is 0 Å². The summed E-state index contributed by atoms with van der Waals surface area (Å²) in [4.78, 5) is 2.78. The second kappa shape index (κ2) is 6.13. The summed E-state index contributed by atoms with van der Waals surface area (Å²) < 4.78 is 0. The highest BCUT2D eigenvalue weighted by Crippen LogP contribution is 2.42. The highest BCUT2D eigenvalue weighted by Gasteiger charge is 2.39. The van der Waals surface area contributed by atoms with Crippen LogP contribution in [0.3, 0.4) is 0 Å². The van der Waals surface area contributed by atoms with Gasteiger partial charge in [-0.05, 0) is 55.9 Å². The van der Waals surface area contributed by atoms with Crippen molar-refractivity contribution >= 4 is 0 Å². The standard InChI is InChI=1S/C17H34N2/c1-5-14-7-9-19(15(10-14)12-18)16-6-8-17(3,4)11-13(16)2/h13-16H,5-12,18H2,1-4H3.